The van der Waals surface area contributed by atoms with Gasteiger partial charge in [-0.3, -0.25) is 0 Å². The molecule has 0 unspecified atom stereocenters. The number of alkyl carbamates (subject to hydrolysis) is 1. The van der Waals surface area contributed by atoms with E-state index in [1.165, 1.54) is 4.90 Å². The van der Waals surface area contributed by atoms with Crippen LogP contribution in [-0.2, 0) is 9.47 Å². The summed E-state index contributed by atoms with van der Waals surface area (Å²) in [6.07, 6.45) is -0.421. The molecule has 0 atom stereocenters. The molecule has 7 heteroatoms. The molecular formula is C15H30N2O5. The van der Waals surface area contributed by atoms with Gasteiger partial charge < -0.3 is 24.8 Å². The standard InChI is InChI=1S/C15H30N2O5/c1-14(2,3)21-12(19)16-8-7-9-17(10-11-18)13(20)22-15(4,5)6/h18H,7-11H2,1-6H3,(H,16,19). The van der Waals surface area contributed by atoms with E-state index in [1.807, 2.05) is 0 Å². The van der Waals surface area contributed by atoms with Crippen LogP contribution in [0.4, 0.5) is 9.59 Å². The minimum Gasteiger partial charge on any atom is -0.444 e. The number of carbonyl (C=O) groups excluding carboxylic acids is 2. The van der Waals surface area contributed by atoms with E-state index in [4.69, 9.17) is 14.6 Å². The van der Waals surface area contributed by atoms with Crippen molar-refractivity contribution >= 4 is 12.2 Å². The Hall–Kier alpha value is -1.50. The van der Waals surface area contributed by atoms with Gasteiger partial charge in [-0.1, -0.05) is 0 Å². The third-order valence-electron chi connectivity index (χ3n) is 2.29. The molecular weight excluding hydrogens is 288 g/mol. The van der Waals surface area contributed by atoms with Crippen molar-refractivity contribution in [2.75, 3.05) is 26.2 Å². The Kier molecular flexibility index (Phi) is 8.22. The molecule has 2 amide bonds. The van der Waals surface area contributed by atoms with Crippen LogP contribution in [0.25, 0.3) is 0 Å². The van der Waals surface area contributed by atoms with Crippen molar-refractivity contribution in [3.63, 3.8) is 0 Å². The molecule has 2 N–H and O–H groups in total. The smallest absolute Gasteiger partial charge is 0.410 e. The Morgan fingerprint density at radius 1 is 1.00 bits per heavy atom. The molecule has 0 saturated carbocycles. The van der Waals surface area contributed by atoms with Gasteiger partial charge in [-0.05, 0) is 48.0 Å². The summed E-state index contributed by atoms with van der Waals surface area (Å²) >= 11 is 0. The van der Waals surface area contributed by atoms with Crippen LogP contribution in [0.2, 0.25) is 0 Å². The van der Waals surface area contributed by atoms with Gasteiger partial charge in [0, 0.05) is 19.6 Å². The lowest BCUT2D eigenvalue weighted by Crippen LogP contribution is -2.40. The van der Waals surface area contributed by atoms with Crippen molar-refractivity contribution in [1.29, 1.82) is 0 Å². The van der Waals surface area contributed by atoms with E-state index in [2.05, 4.69) is 5.32 Å². The second-order valence-electron chi connectivity index (χ2n) is 6.97. The average Bonchev–Trinajstić information content (AvgIpc) is 2.28. The van der Waals surface area contributed by atoms with Crippen molar-refractivity contribution < 1.29 is 24.2 Å². The number of aliphatic hydroxyl groups is 1. The summed E-state index contributed by atoms with van der Waals surface area (Å²) < 4.78 is 10.4. The molecule has 0 aromatic heterocycles. The molecule has 0 radical (unpaired) electrons. The Balaban J connectivity index is 4.16. The number of nitrogens with one attached hydrogen (secondary N) is 1. The molecule has 0 heterocycles. The Bertz CT molecular complexity index is 358. The molecule has 0 aliphatic rings. The lowest BCUT2D eigenvalue weighted by Gasteiger charge is -2.27. The maximum Gasteiger partial charge on any atom is 0.410 e. The van der Waals surface area contributed by atoms with Crippen molar-refractivity contribution in [2.45, 2.75) is 59.2 Å². The number of hydrogen-bond donors (Lipinski definition) is 2. The average molecular weight is 318 g/mol. The van der Waals surface area contributed by atoms with Gasteiger partial charge in [-0.25, -0.2) is 9.59 Å². The number of nitrogens with zero attached hydrogens (tertiary/aromatic N) is 1. The number of ether oxygens (including phenoxy) is 2. The van der Waals surface area contributed by atoms with Gasteiger partial charge in [-0.15, -0.1) is 0 Å². The zero-order chi connectivity index (χ0) is 17.4. The molecule has 0 bridgehead atoms. The number of hydrogen-bond acceptors (Lipinski definition) is 5. The van der Waals surface area contributed by atoms with Crippen molar-refractivity contribution in [1.82, 2.24) is 10.2 Å². The first-order valence-electron chi connectivity index (χ1n) is 7.50. The third kappa shape index (κ3) is 11.2. The monoisotopic (exact) mass is 318 g/mol. The molecule has 0 fully saturated rings. The Morgan fingerprint density at radius 2 is 1.55 bits per heavy atom. The number of amides is 2. The molecule has 130 valence electrons. The summed E-state index contributed by atoms with van der Waals surface area (Å²) in [5, 5.41) is 11.6. The first-order chi connectivity index (χ1) is 9.94. The van der Waals surface area contributed by atoms with Gasteiger partial charge in [-0.2, -0.15) is 0 Å². The van der Waals surface area contributed by atoms with E-state index in [-0.39, 0.29) is 13.2 Å². The Morgan fingerprint density at radius 3 is 2.00 bits per heavy atom. The Labute approximate surface area is 133 Å². The van der Waals surface area contributed by atoms with Crippen LogP contribution in [0.5, 0.6) is 0 Å². The molecule has 0 saturated heterocycles. The second-order valence-corrected chi connectivity index (χ2v) is 6.97. The normalized spacial score (nSPS) is 11.8. The van der Waals surface area contributed by atoms with Crippen LogP contribution in [0, 0.1) is 0 Å². The van der Waals surface area contributed by atoms with E-state index in [1.54, 1.807) is 41.5 Å². The van der Waals surface area contributed by atoms with Crippen LogP contribution in [0.3, 0.4) is 0 Å². The first kappa shape index (κ1) is 20.5. The fourth-order valence-corrected chi connectivity index (χ4v) is 1.52. The highest BCUT2D eigenvalue weighted by atomic mass is 16.6. The van der Waals surface area contributed by atoms with Gasteiger partial charge in [0.2, 0.25) is 0 Å². The highest BCUT2D eigenvalue weighted by molar-refractivity contribution is 5.68. The van der Waals surface area contributed by atoms with Crippen LogP contribution in [0.15, 0.2) is 0 Å². The largest absolute Gasteiger partial charge is 0.444 e. The molecule has 0 aliphatic carbocycles. The summed E-state index contributed by atoms with van der Waals surface area (Å²) in [4.78, 5) is 24.8. The minimum absolute atomic E-state index is 0.140. The summed E-state index contributed by atoms with van der Waals surface area (Å²) in [5.74, 6) is 0. The predicted octanol–water partition coefficient (Wildman–Crippen LogP) is 2.13. The molecule has 0 aromatic carbocycles. The van der Waals surface area contributed by atoms with E-state index in [0.29, 0.717) is 19.5 Å². The number of aliphatic hydroxyl groups excluding tert-OH is 1. The molecule has 0 rings (SSSR count). The van der Waals surface area contributed by atoms with E-state index in [0.717, 1.165) is 0 Å². The molecule has 22 heavy (non-hydrogen) atoms. The summed E-state index contributed by atoms with van der Waals surface area (Å²) in [7, 11) is 0. The number of carbonyl (C=O) groups is 2. The maximum absolute atomic E-state index is 11.9. The maximum atomic E-state index is 11.9. The SMILES string of the molecule is CC(C)(C)OC(=O)NCCCN(CCO)C(=O)OC(C)(C)C. The van der Waals surface area contributed by atoms with E-state index < -0.39 is 23.4 Å². The van der Waals surface area contributed by atoms with Gasteiger partial charge in [0.25, 0.3) is 0 Å². The second kappa shape index (κ2) is 8.82. The van der Waals surface area contributed by atoms with Gasteiger partial charge in [0.15, 0.2) is 0 Å². The highest BCUT2D eigenvalue weighted by Crippen LogP contribution is 2.10. The minimum atomic E-state index is -0.584. The van der Waals surface area contributed by atoms with Crippen LogP contribution in [0.1, 0.15) is 48.0 Å². The predicted molar refractivity (Wildman–Crippen MR) is 83.7 cm³/mol. The fraction of sp³-hybridized carbons (Fsp3) is 0.867. The highest BCUT2D eigenvalue weighted by Gasteiger charge is 2.21. The summed E-state index contributed by atoms with van der Waals surface area (Å²) in [6, 6.07) is 0. The van der Waals surface area contributed by atoms with Gasteiger partial charge in [0.05, 0.1) is 6.61 Å². The van der Waals surface area contributed by atoms with Gasteiger partial charge >= 0.3 is 12.2 Å². The molecule has 0 aromatic rings. The lowest BCUT2D eigenvalue weighted by atomic mass is 10.2. The fourth-order valence-electron chi connectivity index (χ4n) is 1.52. The van der Waals surface area contributed by atoms with E-state index >= 15 is 0 Å². The zero-order valence-corrected chi connectivity index (χ0v) is 14.6. The van der Waals surface area contributed by atoms with Crippen molar-refractivity contribution in [3.8, 4) is 0 Å². The van der Waals surface area contributed by atoms with Crippen LogP contribution >= 0.6 is 0 Å². The molecule has 0 spiro atoms. The summed E-state index contributed by atoms with van der Waals surface area (Å²) in [6.45, 7) is 11.5. The molecule has 7 nitrogen and oxygen atoms in total. The van der Waals surface area contributed by atoms with Crippen LogP contribution in [-0.4, -0.2) is 59.6 Å². The van der Waals surface area contributed by atoms with Crippen LogP contribution < -0.4 is 5.32 Å². The number of rotatable bonds is 6. The third-order valence-corrected chi connectivity index (χ3v) is 2.29. The van der Waals surface area contributed by atoms with Crippen molar-refractivity contribution in [3.05, 3.63) is 0 Å². The zero-order valence-electron chi connectivity index (χ0n) is 14.6. The lowest BCUT2D eigenvalue weighted by molar-refractivity contribution is 0.0217. The van der Waals surface area contributed by atoms with Crippen molar-refractivity contribution in [2.24, 2.45) is 0 Å². The van der Waals surface area contributed by atoms with Gasteiger partial charge in [0.1, 0.15) is 11.2 Å². The topological polar surface area (TPSA) is 88.1 Å². The quantitative estimate of drug-likeness (QED) is 0.733. The first-order valence-corrected chi connectivity index (χ1v) is 7.50. The van der Waals surface area contributed by atoms with E-state index in [9.17, 15) is 9.59 Å². The molecule has 0 aliphatic heterocycles. The summed E-state index contributed by atoms with van der Waals surface area (Å²) in [5.41, 5.74) is -1.12.